The number of aromatic nitrogens is 2. The van der Waals surface area contributed by atoms with Crippen LogP contribution < -0.4 is 10.9 Å². The van der Waals surface area contributed by atoms with Gasteiger partial charge in [-0.25, -0.2) is 4.98 Å². The third-order valence-electron chi connectivity index (χ3n) is 2.93. The highest BCUT2D eigenvalue weighted by molar-refractivity contribution is 5.79. The maximum atomic E-state index is 12.3. The summed E-state index contributed by atoms with van der Waals surface area (Å²) in [6.45, 7) is 4.35. The molecule has 0 fully saturated rings. The molecule has 100 valence electrons. The van der Waals surface area contributed by atoms with E-state index in [1.165, 1.54) is 4.57 Å². The van der Waals surface area contributed by atoms with Crippen molar-refractivity contribution in [2.24, 2.45) is 0 Å². The van der Waals surface area contributed by atoms with Gasteiger partial charge in [0.15, 0.2) is 0 Å². The molecule has 0 radical (unpaired) electrons. The summed E-state index contributed by atoms with van der Waals surface area (Å²) in [4.78, 5) is 28.4. The van der Waals surface area contributed by atoms with E-state index in [0.29, 0.717) is 23.3 Å². The minimum atomic E-state index is -0.172. The van der Waals surface area contributed by atoms with E-state index in [0.717, 1.165) is 6.42 Å². The van der Waals surface area contributed by atoms with Crippen molar-refractivity contribution in [1.29, 1.82) is 0 Å². The third-order valence-corrected chi connectivity index (χ3v) is 2.93. The monoisotopic (exact) mass is 259 g/mol. The highest BCUT2D eigenvalue weighted by Gasteiger charge is 2.10. The van der Waals surface area contributed by atoms with Gasteiger partial charge in [-0.15, -0.1) is 0 Å². The molecule has 0 saturated carbocycles. The van der Waals surface area contributed by atoms with Gasteiger partial charge in [0.05, 0.1) is 10.9 Å². The van der Waals surface area contributed by atoms with E-state index >= 15 is 0 Å². The molecule has 0 aliphatic heterocycles. The van der Waals surface area contributed by atoms with Crippen LogP contribution in [-0.2, 0) is 11.3 Å². The average molecular weight is 259 g/mol. The van der Waals surface area contributed by atoms with Crippen LogP contribution in [0.2, 0.25) is 0 Å². The molecule has 19 heavy (non-hydrogen) atoms. The number of rotatable bonds is 4. The number of amides is 1. The number of nitrogens with one attached hydrogen (secondary N) is 1. The second-order valence-electron chi connectivity index (χ2n) is 4.42. The van der Waals surface area contributed by atoms with Gasteiger partial charge in [-0.05, 0) is 25.5 Å². The summed E-state index contributed by atoms with van der Waals surface area (Å²) in [5, 5.41) is 3.30. The second-order valence-corrected chi connectivity index (χ2v) is 4.42. The maximum absolute atomic E-state index is 12.3. The molecular formula is C14H17N3O2. The predicted octanol–water partition coefficient (Wildman–Crippen LogP) is 1.23. The number of para-hydroxylation sites is 1. The zero-order chi connectivity index (χ0) is 13.8. The molecule has 5 heteroatoms. The molecule has 0 saturated heterocycles. The van der Waals surface area contributed by atoms with Crippen molar-refractivity contribution in [2.45, 2.75) is 26.8 Å². The molecule has 1 heterocycles. The first kappa shape index (κ1) is 13.3. The van der Waals surface area contributed by atoms with Crippen LogP contribution in [0.3, 0.4) is 0 Å². The van der Waals surface area contributed by atoms with E-state index in [1.54, 1.807) is 25.1 Å². The Balaban J connectivity index is 2.38. The van der Waals surface area contributed by atoms with Gasteiger partial charge in [0.2, 0.25) is 5.91 Å². The molecule has 0 bridgehead atoms. The van der Waals surface area contributed by atoms with Gasteiger partial charge in [0, 0.05) is 6.54 Å². The van der Waals surface area contributed by atoms with Gasteiger partial charge in [-0.1, -0.05) is 19.1 Å². The first-order valence-electron chi connectivity index (χ1n) is 6.36. The van der Waals surface area contributed by atoms with E-state index in [9.17, 15) is 9.59 Å². The van der Waals surface area contributed by atoms with Crippen molar-refractivity contribution in [3.05, 3.63) is 40.4 Å². The summed E-state index contributed by atoms with van der Waals surface area (Å²) in [6.07, 6.45) is 0.871. The zero-order valence-corrected chi connectivity index (χ0v) is 11.1. The highest BCUT2D eigenvalue weighted by atomic mass is 16.2. The highest BCUT2D eigenvalue weighted by Crippen LogP contribution is 2.07. The van der Waals surface area contributed by atoms with Gasteiger partial charge >= 0.3 is 0 Å². The first-order valence-corrected chi connectivity index (χ1v) is 6.36. The maximum Gasteiger partial charge on any atom is 0.261 e. The Kier molecular flexibility index (Phi) is 3.94. The van der Waals surface area contributed by atoms with Crippen molar-refractivity contribution in [3.63, 3.8) is 0 Å². The van der Waals surface area contributed by atoms with Crippen LogP contribution in [0.25, 0.3) is 10.9 Å². The van der Waals surface area contributed by atoms with Crippen molar-refractivity contribution < 1.29 is 4.79 Å². The Morgan fingerprint density at radius 1 is 1.37 bits per heavy atom. The van der Waals surface area contributed by atoms with Crippen LogP contribution in [0.5, 0.6) is 0 Å². The quantitative estimate of drug-likeness (QED) is 0.898. The van der Waals surface area contributed by atoms with Gasteiger partial charge < -0.3 is 5.32 Å². The number of aryl methyl sites for hydroxylation is 1. The minimum absolute atomic E-state index is 0.0164. The zero-order valence-electron chi connectivity index (χ0n) is 11.1. The Bertz CT molecular complexity index is 661. The number of fused-ring (bicyclic) bond motifs is 1. The molecule has 1 amide bonds. The van der Waals surface area contributed by atoms with E-state index in [2.05, 4.69) is 10.3 Å². The van der Waals surface area contributed by atoms with Crippen LogP contribution in [0, 0.1) is 6.92 Å². The number of carbonyl (C=O) groups excluding carboxylic acids is 1. The number of hydrogen-bond donors (Lipinski definition) is 1. The van der Waals surface area contributed by atoms with Crippen molar-refractivity contribution in [3.8, 4) is 0 Å². The summed E-state index contributed by atoms with van der Waals surface area (Å²) in [6, 6.07) is 7.16. The SMILES string of the molecule is CCCNC(=O)Cn1c(C)nc2ccccc2c1=O. The largest absolute Gasteiger partial charge is 0.355 e. The summed E-state index contributed by atoms with van der Waals surface area (Å²) in [7, 11) is 0. The van der Waals surface area contributed by atoms with Crippen LogP contribution in [0.1, 0.15) is 19.2 Å². The average Bonchev–Trinajstić information content (AvgIpc) is 2.41. The number of hydrogen-bond acceptors (Lipinski definition) is 3. The molecule has 0 unspecified atom stereocenters. The molecule has 0 aliphatic carbocycles. The molecule has 2 rings (SSSR count). The van der Waals surface area contributed by atoms with Crippen molar-refractivity contribution in [2.75, 3.05) is 6.54 Å². The molecule has 2 aromatic rings. The van der Waals surface area contributed by atoms with E-state index in [4.69, 9.17) is 0 Å². The third kappa shape index (κ3) is 2.81. The topological polar surface area (TPSA) is 64.0 Å². The summed E-state index contributed by atoms with van der Waals surface area (Å²) in [5.41, 5.74) is 0.491. The number of benzene rings is 1. The fraction of sp³-hybridized carbons (Fsp3) is 0.357. The molecule has 0 atom stereocenters. The fourth-order valence-electron chi connectivity index (χ4n) is 1.93. The Labute approximate surface area is 111 Å². The van der Waals surface area contributed by atoms with Gasteiger partial charge in [-0.2, -0.15) is 0 Å². The van der Waals surface area contributed by atoms with Crippen LogP contribution in [-0.4, -0.2) is 22.0 Å². The van der Waals surface area contributed by atoms with Crippen molar-refractivity contribution in [1.82, 2.24) is 14.9 Å². The molecule has 1 aromatic heterocycles. The fourth-order valence-corrected chi connectivity index (χ4v) is 1.93. The lowest BCUT2D eigenvalue weighted by molar-refractivity contribution is -0.121. The van der Waals surface area contributed by atoms with Gasteiger partial charge in [0.25, 0.3) is 5.56 Å². The number of carbonyl (C=O) groups is 1. The first-order chi connectivity index (χ1) is 9.13. The molecule has 0 spiro atoms. The summed E-state index contributed by atoms with van der Waals surface area (Å²) < 4.78 is 1.41. The second kappa shape index (κ2) is 5.65. The smallest absolute Gasteiger partial charge is 0.261 e. The molecule has 1 N–H and O–H groups in total. The van der Waals surface area contributed by atoms with E-state index < -0.39 is 0 Å². The molecule has 1 aromatic carbocycles. The molecule has 0 aliphatic rings. The lowest BCUT2D eigenvalue weighted by Crippen LogP contribution is -2.34. The van der Waals surface area contributed by atoms with Crippen LogP contribution >= 0.6 is 0 Å². The molecule has 5 nitrogen and oxygen atoms in total. The normalized spacial score (nSPS) is 10.6. The van der Waals surface area contributed by atoms with E-state index in [1.807, 2.05) is 13.0 Å². The van der Waals surface area contributed by atoms with E-state index in [-0.39, 0.29) is 18.0 Å². The summed E-state index contributed by atoms with van der Waals surface area (Å²) in [5.74, 6) is 0.388. The Hall–Kier alpha value is -2.17. The predicted molar refractivity (Wildman–Crippen MR) is 74.0 cm³/mol. The summed E-state index contributed by atoms with van der Waals surface area (Å²) >= 11 is 0. The standard InChI is InChI=1S/C14H17N3O2/c1-3-8-15-13(18)9-17-10(2)16-12-7-5-4-6-11(12)14(17)19/h4-7H,3,8-9H2,1-2H3,(H,15,18). The Morgan fingerprint density at radius 3 is 2.84 bits per heavy atom. The van der Waals surface area contributed by atoms with Crippen LogP contribution in [0.4, 0.5) is 0 Å². The Morgan fingerprint density at radius 2 is 2.11 bits per heavy atom. The van der Waals surface area contributed by atoms with Gasteiger partial charge in [-0.3, -0.25) is 14.2 Å². The minimum Gasteiger partial charge on any atom is -0.355 e. The lowest BCUT2D eigenvalue weighted by atomic mass is 10.2. The van der Waals surface area contributed by atoms with Crippen molar-refractivity contribution >= 4 is 16.8 Å². The lowest BCUT2D eigenvalue weighted by Gasteiger charge is -2.10. The van der Waals surface area contributed by atoms with Gasteiger partial charge in [0.1, 0.15) is 12.4 Å². The molecular weight excluding hydrogens is 242 g/mol. The number of nitrogens with zero attached hydrogens (tertiary/aromatic N) is 2. The van der Waals surface area contributed by atoms with Crippen LogP contribution in [0.15, 0.2) is 29.1 Å².